The molecule has 0 aliphatic heterocycles. The van der Waals surface area contributed by atoms with Crippen LogP contribution in [-0.4, -0.2) is 5.16 Å². The second-order valence-electron chi connectivity index (χ2n) is 4.79. The summed E-state index contributed by atoms with van der Waals surface area (Å²) in [7, 11) is 0. The maximum Gasteiger partial charge on any atom is 0.225 e. The van der Waals surface area contributed by atoms with Gasteiger partial charge in [0.25, 0.3) is 0 Å². The van der Waals surface area contributed by atoms with Gasteiger partial charge < -0.3 is 10.3 Å². The van der Waals surface area contributed by atoms with Crippen molar-refractivity contribution in [3.63, 3.8) is 0 Å². The molecule has 15 heavy (non-hydrogen) atoms. The van der Waals surface area contributed by atoms with Crippen molar-refractivity contribution in [1.82, 2.24) is 5.16 Å². The van der Waals surface area contributed by atoms with Crippen LogP contribution in [0.5, 0.6) is 0 Å². The molecule has 1 aromatic heterocycles. The molecule has 0 aliphatic carbocycles. The molecule has 86 valence electrons. The predicted octanol–water partition coefficient (Wildman–Crippen LogP) is 3.04. The van der Waals surface area contributed by atoms with E-state index in [1.165, 1.54) is 0 Å². The minimum absolute atomic E-state index is 0.502. The summed E-state index contributed by atoms with van der Waals surface area (Å²) in [6.07, 6.45) is 3.09. The number of aromatic nitrogens is 1. The molecular formula is C12H22N2O. The van der Waals surface area contributed by atoms with E-state index in [2.05, 4.69) is 32.9 Å². The van der Waals surface area contributed by atoms with Crippen LogP contribution in [0.3, 0.4) is 0 Å². The van der Waals surface area contributed by atoms with Crippen molar-refractivity contribution in [3.05, 3.63) is 11.3 Å². The summed E-state index contributed by atoms with van der Waals surface area (Å²) in [5.41, 5.74) is 7.95. The van der Waals surface area contributed by atoms with Gasteiger partial charge in [0.05, 0.1) is 5.69 Å². The Bertz CT molecular complexity index is 305. The number of anilines is 1. The van der Waals surface area contributed by atoms with Gasteiger partial charge in [-0.15, -0.1) is 0 Å². The van der Waals surface area contributed by atoms with Crippen molar-refractivity contribution in [2.75, 3.05) is 5.73 Å². The molecule has 3 heteroatoms. The van der Waals surface area contributed by atoms with Crippen molar-refractivity contribution in [3.8, 4) is 0 Å². The highest BCUT2D eigenvalue weighted by molar-refractivity contribution is 5.39. The monoisotopic (exact) mass is 210 g/mol. The minimum atomic E-state index is 0.502. The first-order valence-electron chi connectivity index (χ1n) is 5.77. The first kappa shape index (κ1) is 12.1. The van der Waals surface area contributed by atoms with Crippen LogP contribution in [0, 0.1) is 11.8 Å². The van der Waals surface area contributed by atoms with Gasteiger partial charge in [-0.3, -0.25) is 0 Å². The average molecular weight is 210 g/mol. The second-order valence-corrected chi connectivity index (χ2v) is 4.79. The molecule has 1 unspecified atom stereocenters. The lowest BCUT2D eigenvalue weighted by Crippen LogP contribution is -2.04. The van der Waals surface area contributed by atoms with Crippen molar-refractivity contribution >= 4 is 5.88 Å². The molecule has 0 spiro atoms. The van der Waals surface area contributed by atoms with Gasteiger partial charge in [-0.2, -0.15) is 0 Å². The third-order valence-electron chi connectivity index (χ3n) is 2.75. The van der Waals surface area contributed by atoms with Crippen LogP contribution in [0.2, 0.25) is 0 Å². The van der Waals surface area contributed by atoms with Crippen LogP contribution < -0.4 is 5.73 Å². The van der Waals surface area contributed by atoms with Gasteiger partial charge in [-0.1, -0.05) is 39.3 Å². The van der Waals surface area contributed by atoms with Gasteiger partial charge in [-0.25, -0.2) is 0 Å². The van der Waals surface area contributed by atoms with Gasteiger partial charge in [0.2, 0.25) is 5.88 Å². The Morgan fingerprint density at radius 2 is 1.93 bits per heavy atom. The van der Waals surface area contributed by atoms with Gasteiger partial charge in [0, 0.05) is 5.56 Å². The highest BCUT2D eigenvalue weighted by Crippen LogP contribution is 2.23. The average Bonchev–Trinajstić information content (AvgIpc) is 2.49. The topological polar surface area (TPSA) is 52.0 Å². The number of rotatable bonds is 5. The Morgan fingerprint density at radius 1 is 1.27 bits per heavy atom. The van der Waals surface area contributed by atoms with Crippen molar-refractivity contribution in [2.24, 2.45) is 11.8 Å². The van der Waals surface area contributed by atoms with E-state index in [1.807, 2.05) is 0 Å². The number of hydrogen-bond acceptors (Lipinski definition) is 3. The van der Waals surface area contributed by atoms with E-state index in [1.54, 1.807) is 0 Å². The molecule has 3 nitrogen and oxygen atoms in total. The molecule has 0 bridgehead atoms. The Kier molecular flexibility index (Phi) is 4.18. The first-order chi connectivity index (χ1) is 7.04. The van der Waals surface area contributed by atoms with E-state index in [0.717, 1.165) is 30.5 Å². The molecule has 1 heterocycles. The van der Waals surface area contributed by atoms with Crippen LogP contribution in [-0.2, 0) is 12.8 Å². The van der Waals surface area contributed by atoms with Gasteiger partial charge in [0.15, 0.2) is 0 Å². The molecular weight excluding hydrogens is 188 g/mol. The number of nitrogens with two attached hydrogens (primary N) is 1. The fourth-order valence-electron chi connectivity index (χ4n) is 1.62. The summed E-state index contributed by atoms with van der Waals surface area (Å²) in [4.78, 5) is 0. The Balaban J connectivity index is 2.78. The molecule has 0 fully saturated rings. The van der Waals surface area contributed by atoms with Gasteiger partial charge in [-0.05, 0) is 24.7 Å². The molecule has 1 rings (SSSR count). The number of nitrogens with zero attached hydrogens (tertiary/aromatic N) is 1. The molecule has 1 aromatic rings. The van der Waals surface area contributed by atoms with Crippen molar-refractivity contribution in [1.29, 1.82) is 0 Å². The largest absolute Gasteiger partial charge is 0.367 e. The standard InChI is InChI=1S/C12H22N2O/c1-5-9(4)7-11-10(6-8(2)3)12(13)15-14-11/h8-9H,5-7,13H2,1-4H3. The van der Waals surface area contributed by atoms with Crippen LogP contribution in [0.1, 0.15) is 45.4 Å². The van der Waals surface area contributed by atoms with E-state index in [4.69, 9.17) is 10.3 Å². The zero-order chi connectivity index (χ0) is 11.4. The highest BCUT2D eigenvalue weighted by Gasteiger charge is 2.16. The van der Waals surface area contributed by atoms with Gasteiger partial charge in [0.1, 0.15) is 0 Å². The number of nitrogen functional groups attached to an aromatic ring is 1. The van der Waals surface area contributed by atoms with Crippen LogP contribution in [0.25, 0.3) is 0 Å². The van der Waals surface area contributed by atoms with E-state index < -0.39 is 0 Å². The van der Waals surface area contributed by atoms with Gasteiger partial charge >= 0.3 is 0 Å². The lowest BCUT2D eigenvalue weighted by atomic mass is 9.96. The number of hydrogen-bond donors (Lipinski definition) is 1. The third-order valence-corrected chi connectivity index (χ3v) is 2.75. The summed E-state index contributed by atoms with van der Waals surface area (Å²) in [6, 6.07) is 0. The zero-order valence-corrected chi connectivity index (χ0v) is 10.2. The van der Waals surface area contributed by atoms with E-state index in [-0.39, 0.29) is 0 Å². The Labute approximate surface area is 92.0 Å². The fraction of sp³-hybridized carbons (Fsp3) is 0.750. The van der Waals surface area contributed by atoms with Crippen LogP contribution in [0.15, 0.2) is 4.52 Å². The summed E-state index contributed by atoms with van der Waals surface area (Å²) < 4.78 is 5.07. The lowest BCUT2D eigenvalue weighted by Gasteiger charge is -2.08. The first-order valence-corrected chi connectivity index (χ1v) is 5.77. The zero-order valence-electron chi connectivity index (χ0n) is 10.2. The summed E-state index contributed by atoms with van der Waals surface area (Å²) in [5, 5.41) is 4.06. The molecule has 0 aliphatic rings. The maximum atomic E-state index is 5.78. The highest BCUT2D eigenvalue weighted by atomic mass is 16.5. The molecule has 0 saturated heterocycles. The SMILES string of the molecule is CCC(C)Cc1noc(N)c1CC(C)C. The molecule has 0 amide bonds. The Morgan fingerprint density at radius 3 is 2.47 bits per heavy atom. The maximum absolute atomic E-state index is 5.78. The normalized spacial score (nSPS) is 13.4. The Hall–Kier alpha value is -0.990. The smallest absolute Gasteiger partial charge is 0.225 e. The second kappa shape index (κ2) is 5.19. The lowest BCUT2D eigenvalue weighted by molar-refractivity contribution is 0.418. The summed E-state index contributed by atoms with van der Waals surface area (Å²) in [5.74, 6) is 1.73. The van der Waals surface area contributed by atoms with Crippen molar-refractivity contribution < 1.29 is 4.52 Å². The molecule has 1 atom stereocenters. The van der Waals surface area contributed by atoms with Crippen molar-refractivity contribution in [2.45, 2.75) is 47.0 Å². The van der Waals surface area contributed by atoms with E-state index >= 15 is 0 Å². The predicted molar refractivity (Wildman–Crippen MR) is 62.6 cm³/mol. The van der Waals surface area contributed by atoms with Crippen LogP contribution >= 0.6 is 0 Å². The minimum Gasteiger partial charge on any atom is -0.367 e. The molecule has 0 aromatic carbocycles. The van der Waals surface area contributed by atoms with E-state index in [9.17, 15) is 0 Å². The van der Waals surface area contributed by atoms with Crippen LogP contribution in [0.4, 0.5) is 5.88 Å². The molecule has 2 N–H and O–H groups in total. The summed E-state index contributed by atoms with van der Waals surface area (Å²) in [6.45, 7) is 8.78. The molecule has 0 radical (unpaired) electrons. The quantitative estimate of drug-likeness (QED) is 0.812. The fourth-order valence-corrected chi connectivity index (χ4v) is 1.62. The summed E-state index contributed by atoms with van der Waals surface area (Å²) >= 11 is 0. The third kappa shape index (κ3) is 3.26. The molecule has 0 saturated carbocycles. The van der Waals surface area contributed by atoms with E-state index in [0.29, 0.717) is 17.7 Å².